The summed E-state index contributed by atoms with van der Waals surface area (Å²) >= 11 is 0. The SMILES string of the molecule is C#CCOC(=O)NCCOCCOCCC(=O)NCc1cnc(N2CCN(c3ncc(C(=O)NCCCCn4nc(-c5cc6cc(O)ccc6[nH]5)c5c(N)ncnc54)cn3)CC2)nc1. The number of H-pyrrole nitrogens is 1. The minimum Gasteiger partial charge on any atom is -0.508 e. The standard InChI is InChI=1S/C42H49N15O7/c1-2-15-64-42(61)45-9-17-63-19-18-62-16-7-34(59)46-22-28-23-47-40(48-24-28)55-11-13-56(14-12-55)41-49-25-30(26-50-41)39(60)44-8-3-4-10-57-38-35(37(43)51-27-52-38)36(54-57)33-21-29-20-31(58)5-6-32(29)53-33/h1,5-6,20-21,23-27,53,58H,3-4,7-19,22H2,(H,44,60)(H,45,61)(H,46,59)(H2,43,51,52). The van der Waals surface area contributed by atoms with Crippen LogP contribution in [0.25, 0.3) is 33.3 Å². The Labute approximate surface area is 367 Å². The number of amides is 3. The molecule has 0 spiro atoms. The molecule has 0 atom stereocenters. The van der Waals surface area contributed by atoms with Gasteiger partial charge in [-0.2, -0.15) is 5.10 Å². The number of aromatic amines is 1. The average molecular weight is 876 g/mol. The highest BCUT2D eigenvalue weighted by atomic mass is 16.5. The number of aryl methyl sites for hydroxylation is 1. The van der Waals surface area contributed by atoms with E-state index in [1.54, 1.807) is 35.3 Å². The van der Waals surface area contributed by atoms with Crippen LogP contribution >= 0.6 is 0 Å². The van der Waals surface area contributed by atoms with Crippen LogP contribution in [0.3, 0.4) is 0 Å². The Hall–Kier alpha value is -7.64. The number of terminal acetylenes is 1. The van der Waals surface area contributed by atoms with Crippen molar-refractivity contribution in [3.8, 4) is 29.5 Å². The Morgan fingerprint density at radius 3 is 2.30 bits per heavy atom. The van der Waals surface area contributed by atoms with E-state index in [1.807, 2.05) is 11.0 Å². The molecule has 1 saturated heterocycles. The zero-order valence-corrected chi connectivity index (χ0v) is 35.0. The molecule has 0 bridgehead atoms. The number of nitrogens with one attached hydrogen (secondary N) is 4. The smallest absolute Gasteiger partial charge is 0.408 e. The van der Waals surface area contributed by atoms with E-state index in [0.29, 0.717) is 105 Å². The highest BCUT2D eigenvalue weighted by Gasteiger charge is 2.22. The summed E-state index contributed by atoms with van der Waals surface area (Å²) in [5.74, 6) is 3.40. The van der Waals surface area contributed by atoms with Gasteiger partial charge in [0.15, 0.2) is 12.3 Å². The van der Waals surface area contributed by atoms with E-state index in [-0.39, 0.29) is 56.9 Å². The number of nitrogens with zero attached hydrogens (tertiary/aromatic N) is 10. The summed E-state index contributed by atoms with van der Waals surface area (Å²) in [6.45, 7) is 5.20. The van der Waals surface area contributed by atoms with Crippen molar-refractivity contribution in [1.29, 1.82) is 0 Å². The maximum absolute atomic E-state index is 12.9. The predicted octanol–water partition coefficient (Wildman–Crippen LogP) is 1.78. The van der Waals surface area contributed by atoms with Crippen LogP contribution in [-0.2, 0) is 32.1 Å². The molecule has 64 heavy (non-hydrogen) atoms. The van der Waals surface area contributed by atoms with E-state index in [0.717, 1.165) is 22.2 Å². The molecule has 1 fully saturated rings. The maximum Gasteiger partial charge on any atom is 0.408 e. The van der Waals surface area contributed by atoms with E-state index in [4.69, 9.17) is 26.7 Å². The van der Waals surface area contributed by atoms with Gasteiger partial charge in [0.1, 0.15) is 23.6 Å². The number of phenols is 1. The van der Waals surface area contributed by atoms with Crippen molar-refractivity contribution >= 4 is 57.6 Å². The van der Waals surface area contributed by atoms with Gasteiger partial charge in [-0.1, -0.05) is 5.92 Å². The van der Waals surface area contributed by atoms with Gasteiger partial charge in [0.05, 0.1) is 43.1 Å². The Balaban J connectivity index is 0.768. The average Bonchev–Trinajstić information content (AvgIpc) is 3.91. The van der Waals surface area contributed by atoms with Crippen LogP contribution in [0.15, 0.2) is 55.4 Å². The Bertz CT molecular complexity index is 2550. The molecule has 3 amide bonds. The highest BCUT2D eigenvalue weighted by Crippen LogP contribution is 2.32. The van der Waals surface area contributed by atoms with Gasteiger partial charge < -0.3 is 55.8 Å². The molecular formula is C42H49N15O7. The number of nitrogen functional groups attached to an aromatic ring is 1. The van der Waals surface area contributed by atoms with Gasteiger partial charge in [0.25, 0.3) is 5.91 Å². The lowest BCUT2D eigenvalue weighted by atomic mass is 10.2. The summed E-state index contributed by atoms with van der Waals surface area (Å²) in [6, 6.07) is 7.00. The first kappa shape index (κ1) is 44.4. The number of ether oxygens (including phenoxy) is 3. The van der Waals surface area contributed by atoms with Crippen molar-refractivity contribution in [2.75, 3.05) is 87.8 Å². The first-order valence-electron chi connectivity index (χ1n) is 20.7. The molecule has 6 aromatic rings. The molecule has 22 nitrogen and oxygen atoms in total. The molecule has 0 aliphatic carbocycles. The number of piperazine rings is 1. The number of aromatic nitrogens is 9. The van der Waals surface area contributed by atoms with Gasteiger partial charge in [-0.3, -0.25) is 9.59 Å². The van der Waals surface area contributed by atoms with E-state index >= 15 is 0 Å². The fraction of sp³-hybridized carbons (Fsp3) is 0.381. The third-order valence-corrected chi connectivity index (χ3v) is 10.1. The zero-order valence-electron chi connectivity index (χ0n) is 35.0. The molecule has 7 N–H and O–H groups in total. The molecule has 5 aromatic heterocycles. The van der Waals surface area contributed by atoms with Crippen molar-refractivity contribution in [2.24, 2.45) is 0 Å². The lowest BCUT2D eigenvalue weighted by Crippen LogP contribution is -2.47. The Morgan fingerprint density at radius 1 is 0.844 bits per heavy atom. The number of carbonyl (C=O) groups is 3. The molecule has 0 unspecified atom stereocenters. The van der Waals surface area contributed by atoms with E-state index in [9.17, 15) is 19.5 Å². The molecule has 1 aromatic carbocycles. The number of hydrogen-bond acceptors (Lipinski definition) is 17. The van der Waals surface area contributed by atoms with E-state index < -0.39 is 6.09 Å². The molecule has 22 heteroatoms. The van der Waals surface area contributed by atoms with Crippen LogP contribution in [0.2, 0.25) is 0 Å². The lowest BCUT2D eigenvalue weighted by Gasteiger charge is -2.34. The number of anilines is 3. The number of unbranched alkanes of at least 4 members (excludes halogenated alkanes) is 1. The van der Waals surface area contributed by atoms with Crippen LogP contribution in [-0.4, -0.2) is 140 Å². The quantitative estimate of drug-likeness (QED) is 0.0444. The number of hydrogen-bond donors (Lipinski definition) is 6. The van der Waals surface area contributed by atoms with E-state index in [1.165, 1.54) is 18.7 Å². The maximum atomic E-state index is 12.9. The van der Waals surface area contributed by atoms with Crippen LogP contribution < -0.4 is 31.5 Å². The van der Waals surface area contributed by atoms with Crippen LogP contribution in [0.4, 0.5) is 22.5 Å². The summed E-state index contributed by atoms with van der Waals surface area (Å²) in [5, 5.41) is 24.5. The fourth-order valence-electron chi connectivity index (χ4n) is 6.78. The second-order valence-electron chi connectivity index (χ2n) is 14.5. The molecular weight excluding hydrogens is 827 g/mol. The monoisotopic (exact) mass is 875 g/mol. The second-order valence-corrected chi connectivity index (χ2v) is 14.5. The lowest BCUT2D eigenvalue weighted by molar-refractivity contribution is -0.122. The highest BCUT2D eigenvalue weighted by molar-refractivity contribution is 6.00. The Kier molecular flexibility index (Phi) is 15.2. The van der Waals surface area contributed by atoms with Crippen molar-refractivity contribution in [3.05, 3.63) is 66.5 Å². The summed E-state index contributed by atoms with van der Waals surface area (Å²) in [4.78, 5) is 70.5. The zero-order chi connectivity index (χ0) is 44.7. The number of alkyl carbamates (subject to hydrolysis) is 1. The van der Waals surface area contributed by atoms with Gasteiger partial charge in [-0.05, 0) is 37.1 Å². The van der Waals surface area contributed by atoms with Gasteiger partial charge in [0, 0.05) is 100 Å². The number of rotatable bonds is 21. The van der Waals surface area contributed by atoms with Gasteiger partial charge in [-0.25, -0.2) is 39.4 Å². The topological polar surface area (TPSA) is 279 Å². The number of carbonyl (C=O) groups excluding carboxylic acids is 3. The molecule has 1 aliphatic rings. The van der Waals surface area contributed by atoms with Crippen molar-refractivity contribution in [1.82, 2.24) is 60.6 Å². The first-order valence-corrected chi connectivity index (χ1v) is 20.7. The predicted molar refractivity (Wildman–Crippen MR) is 235 cm³/mol. The fourth-order valence-corrected chi connectivity index (χ4v) is 6.78. The van der Waals surface area contributed by atoms with Crippen LogP contribution in [0, 0.1) is 12.3 Å². The molecule has 7 rings (SSSR count). The number of fused-ring (bicyclic) bond motifs is 2. The van der Waals surface area contributed by atoms with Crippen molar-refractivity contribution < 1.29 is 33.7 Å². The summed E-state index contributed by atoms with van der Waals surface area (Å²) in [7, 11) is 0. The number of aromatic hydroxyl groups is 1. The van der Waals surface area contributed by atoms with Crippen LogP contribution in [0.1, 0.15) is 35.2 Å². The number of nitrogens with two attached hydrogens (primary N) is 1. The largest absolute Gasteiger partial charge is 0.508 e. The van der Waals surface area contributed by atoms with Crippen LogP contribution in [0.5, 0.6) is 5.75 Å². The molecule has 6 heterocycles. The summed E-state index contributed by atoms with van der Waals surface area (Å²) in [6.07, 6.45) is 13.9. The third kappa shape index (κ3) is 11.8. The van der Waals surface area contributed by atoms with E-state index in [2.05, 4.69) is 66.4 Å². The molecule has 0 saturated carbocycles. The van der Waals surface area contributed by atoms with Gasteiger partial charge in [0.2, 0.25) is 17.8 Å². The summed E-state index contributed by atoms with van der Waals surface area (Å²) in [5.41, 5.74) is 10.2. The minimum atomic E-state index is -0.601. The van der Waals surface area contributed by atoms with Gasteiger partial charge >= 0.3 is 6.09 Å². The normalized spacial score (nSPS) is 12.6. The van der Waals surface area contributed by atoms with Gasteiger partial charge in [-0.15, -0.1) is 6.42 Å². The molecule has 0 radical (unpaired) electrons. The molecule has 334 valence electrons. The molecule has 1 aliphatic heterocycles. The third-order valence-electron chi connectivity index (χ3n) is 10.1. The first-order chi connectivity index (χ1) is 31.2. The van der Waals surface area contributed by atoms with Crippen molar-refractivity contribution in [3.63, 3.8) is 0 Å². The summed E-state index contributed by atoms with van der Waals surface area (Å²) < 4.78 is 17.3. The second kappa shape index (κ2) is 21.9. The Morgan fingerprint density at radius 2 is 1.56 bits per heavy atom. The number of benzene rings is 1. The number of phenolic OH excluding ortho intramolecular Hbond substituents is 1. The van der Waals surface area contributed by atoms with Crippen molar-refractivity contribution in [2.45, 2.75) is 32.4 Å². The minimum absolute atomic E-state index is 0.0897.